The fraction of sp³-hybridized carbons (Fsp3) is 0.250. The third kappa shape index (κ3) is 3.95. The molecule has 0 aliphatic carbocycles. The molecule has 2 aromatic rings. The highest BCUT2D eigenvalue weighted by molar-refractivity contribution is 5.98. The summed E-state index contributed by atoms with van der Waals surface area (Å²) in [6.07, 6.45) is 0.828. The van der Waals surface area contributed by atoms with Gasteiger partial charge in [-0.1, -0.05) is 25.1 Å². The topological polar surface area (TPSA) is 71.3 Å². The Balaban J connectivity index is 1.89. The normalized spacial score (nSPS) is 10.2. The van der Waals surface area contributed by atoms with Gasteiger partial charge < -0.3 is 15.1 Å². The molecule has 1 aromatic carbocycles. The van der Waals surface area contributed by atoms with Crippen molar-refractivity contribution >= 4 is 17.5 Å². The van der Waals surface area contributed by atoms with Gasteiger partial charge in [-0.2, -0.15) is 0 Å². The number of anilines is 1. The summed E-state index contributed by atoms with van der Waals surface area (Å²) in [6, 6.07) is 10.9. The Bertz CT molecular complexity index is 646. The van der Waals surface area contributed by atoms with Gasteiger partial charge in [0.15, 0.2) is 5.76 Å². The van der Waals surface area contributed by atoms with Crippen LogP contribution >= 0.6 is 0 Å². The van der Waals surface area contributed by atoms with E-state index in [1.54, 1.807) is 19.1 Å². The van der Waals surface area contributed by atoms with Crippen molar-refractivity contribution in [3.8, 4) is 0 Å². The minimum absolute atomic E-state index is 0.101. The van der Waals surface area contributed by atoms with Crippen molar-refractivity contribution in [2.45, 2.75) is 20.3 Å². The van der Waals surface area contributed by atoms with Gasteiger partial charge in [-0.05, 0) is 37.1 Å². The predicted octanol–water partition coefficient (Wildman–Crippen LogP) is 2.52. The van der Waals surface area contributed by atoms with Crippen LogP contribution in [0.5, 0.6) is 0 Å². The number of benzene rings is 1. The molecule has 1 heterocycles. The smallest absolute Gasteiger partial charge is 0.287 e. The number of aryl methyl sites for hydroxylation is 2. The molecule has 21 heavy (non-hydrogen) atoms. The Morgan fingerprint density at radius 3 is 2.57 bits per heavy atom. The number of carbonyl (C=O) groups excluding carboxylic acids is 2. The van der Waals surface area contributed by atoms with Crippen LogP contribution in [0.1, 0.15) is 28.8 Å². The molecule has 2 rings (SSSR count). The lowest BCUT2D eigenvalue weighted by Crippen LogP contribution is -2.32. The van der Waals surface area contributed by atoms with Crippen molar-refractivity contribution in [1.29, 1.82) is 0 Å². The third-order valence-electron chi connectivity index (χ3n) is 3.05. The van der Waals surface area contributed by atoms with Crippen molar-refractivity contribution in [1.82, 2.24) is 5.32 Å². The lowest BCUT2D eigenvalue weighted by molar-refractivity contribution is -0.115. The van der Waals surface area contributed by atoms with Crippen LogP contribution in [0.2, 0.25) is 0 Å². The van der Waals surface area contributed by atoms with E-state index in [9.17, 15) is 9.59 Å². The first-order valence-corrected chi connectivity index (χ1v) is 6.82. The van der Waals surface area contributed by atoms with Crippen molar-refractivity contribution in [2.75, 3.05) is 11.9 Å². The molecular formula is C16H18N2O3. The summed E-state index contributed by atoms with van der Waals surface area (Å²) in [7, 11) is 0. The third-order valence-corrected chi connectivity index (χ3v) is 3.05. The van der Waals surface area contributed by atoms with E-state index in [2.05, 4.69) is 10.6 Å². The highest BCUT2D eigenvalue weighted by Crippen LogP contribution is 2.15. The SMILES string of the molecule is CCc1ccccc1NC(=O)CNC(=O)c1ccc(C)o1. The highest BCUT2D eigenvalue weighted by Gasteiger charge is 2.12. The van der Waals surface area contributed by atoms with Gasteiger partial charge in [0.05, 0.1) is 6.54 Å². The van der Waals surface area contributed by atoms with Gasteiger partial charge >= 0.3 is 0 Å². The number of amides is 2. The maximum Gasteiger partial charge on any atom is 0.287 e. The monoisotopic (exact) mass is 286 g/mol. The minimum atomic E-state index is -0.401. The van der Waals surface area contributed by atoms with Crippen LogP contribution in [0.25, 0.3) is 0 Å². The molecule has 2 N–H and O–H groups in total. The summed E-state index contributed by atoms with van der Waals surface area (Å²) >= 11 is 0. The molecule has 0 aliphatic heterocycles. The van der Waals surface area contributed by atoms with Crippen molar-refractivity contribution < 1.29 is 14.0 Å². The summed E-state index contributed by atoms with van der Waals surface area (Å²) in [5, 5.41) is 5.31. The van der Waals surface area contributed by atoms with Gasteiger partial charge in [0.2, 0.25) is 5.91 Å². The number of carbonyl (C=O) groups is 2. The molecule has 0 saturated heterocycles. The van der Waals surface area contributed by atoms with Crippen molar-refractivity contribution in [2.24, 2.45) is 0 Å². The van der Waals surface area contributed by atoms with Gasteiger partial charge in [0.1, 0.15) is 5.76 Å². The van der Waals surface area contributed by atoms with E-state index >= 15 is 0 Å². The second-order valence-electron chi connectivity index (χ2n) is 4.65. The predicted molar refractivity (Wildman–Crippen MR) is 80.2 cm³/mol. The molecule has 0 spiro atoms. The van der Waals surface area contributed by atoms with E-state index in [0.29, 0.717) is 5.76 Å². The Morgan fingerprint density at radius 1 is 1.14 bits per heavy atom. The van der Waals surface area contributed by atoms with Crippen molar-refractivity contribution in [3.05, 3.63) is 53.5 Å². The number of furan rings is 1. The second-order valence-corrected chi connectivity index (χ2v) is 4.65. The van der Waals surface area contributed by atoms with Gasteiger partial charge in [0, 0.05) is 5.69 Å². The molecule has 2 amide bonds. The Morgan fingerprint density at radius 2 is 1.90 bits per heavy atom. The van der Waals surface area contributed by atoms with Crippen LogP contribution in [0.4, 0.5) is 5.69 Å². The van der Waals surface area contributed by atoms with E-state index in [4.69, 9.17) is 4.42 Å². The number of rotatable bonds is 5. The first-order valence-electron chi connectivity index (χ1n) is 6.82. The van der Waals surface area contributed by atoms with Crippen LogP contribution in [0, 0.1) is 6.92 Å². The molecule has 0 bridgehead atoms. The van der Waals surface area contributed by atoms with Crippen molar-refractivity contribution in [3.63, 3.8) is 0 Å². The van der Waals surface area contributed by atoms with E-state index in [1.807, 2.05) is 31.2 Å². The average molecular weight is 286 g/mol. The summed E-state index contributed by atoms with van der Waals surface area (Å²) in [6.45, 7) is 3.67. The Labute approximate surface area is 123 Å². The number of hydrogen-bond acceptors (Lipinski definition) is 3. The maximum atomic E-state index is 11.9. The maximum absolute atomic E-state index is 11.9. The molecule has 0 aliphatic rings. The minimum Gasteiger partial charge on any atom is -0.456 e. The standard InChI is InChI=1S/C16H18N2O3/c1-3-12-6-4-5-7-13(12)18-15(19)10-17-16(20)14-9-8-11(2)21-14/h4-9H,3,10H2,1-2H3,(H,17,20)(H,18,19). The van der Waals surface area contributed by atoms with Crippen LogP contribution in [-0.2, 0) is 11.2 Å². The lowest BCUT2D eigenvalue weighted by Gasteiger charge is -2.09. The number of hydrogen-bond donors (Lipinski definition) is 2. The van der Waals surface area contributed by atoms with E-state index in [1.165, 1.54) is 0 Å². The number of nitrogens with one attached hydrogen (secondary N) is 2. The lowest BCUT2D eigenvalue weighted by atomic mass is 10.1. The second kappa shape index (κ2) is 6.74. The largest absolute Gasteiger partial charge is 0.456 e. The first kappa shape index (κ1) is 14.8. The van der Waals surface area contributed by atoms with Crippen LogP contribution < -0.4 is 10.6 Å². The fourth-order valence-electron chi connectivity index (χ4n) is 1.95. The summed E-state index contributed by atoms with van der Waals surface area (Å²) in [5.74, 6) is 0.185. The molecule has 5 heteroatoms. The number of para-hydroxylation sites is 1. The first-order chi connectivity index (χ1) is 10.1. The van der Waals surface area contributed by atoms with Crippen LogP contribution in [0.3, 0.4) is 0 Å². The zero-order valence-electron chi connectivity index (χ0n) is 12.1. The molecule has 0 saturated carbocycles. The van der Waals surface area contributed by atoms with Crippen LogP contribution in [0.15, 0.2) is 40.8 Å². The van der Waals surface area contributed by atoms with E-state index < -0.39 is 5.91 Å². The zero-order valence-corrected chi connectivity index (χ0v) is 12.1. The molecule has 5 nitrogen and oxygen atoms in total. The highest BCUT2D eigenvalue weighted by atomic mass is 16.3. The zero-order chi connectivity index (χ0) is 15.2. The van der Waals surface area contributed by atoms with Gasteiger partial charge in [-0.15, -0.1) is 0 Å². The van der Waals surface area contributed by atoms with Gasteiger partial charge in [-0.25, -0.2) is 0 Å². The molecule has 0 atom stereocenters. The van der Waals surface area contributed by atoms with Crippen LogP contribution in [-0.4, -0.2) is 18.4 Å². The fourth-order valence-corrected chi connectivity index (χ4v) is 1.95. The Kier molecular flexibility index (Phi) is 4.77. The summed E-state index contributed by atoms with van der Waals surface area (Å²) in [4.78, 5) is 23.6. The molecule has 1 aromatic heterocycles. The van der Waals surface area contributed by atoms with E-state index in [0.717, 1.165) is 17.7 Å². The average Bonchev–Trinajstić information content (AvgIpc) is 2.92. The van der Waals surface area contributed by atoms with Gasteiger partial charge in [-0.3, -0.25) is 9.59 Å². The van der Waals surface area contributed by atoms with Gasteiger partial charge in [0.25, 0.3) is 5.91 Å². The molecular weight excluding hydrogens is 268 g/mol. The summed E-state index contributed by atoms with van der Waals surface area (Å²) < 4.78 is 5.19. The molecule has 110 valence electrons. The van der Waals surface area contributed by atoms with E-state index in [-0.39, 0.29) is 18.2 Å². The quantitative estimate of drug-likeness (QED) is 0.887. The molecule has 0 unspecified atom stereocenters. The Hall–Kier alpha value is -2.56. The molecule has 0 fully saturated rings. The summed E-state index contributed by atoms with van der Waals surface area (Å²) in [5.41, 5.74) is 1.83. The molecule has 0 radical (unpaired) electrons.